The Labute approximate surface area is 190 Å². The maximum Gasteiger partial charge on any atom is 0.0891 e. The SMILES string of the molecule is CCC(O)(CC)c1ccc(-c2cc(CCc3ccc(CO)c(CO)c3)sc2C)c(C)c1. The molecule has 0 aliphatic rings. The summed E-state index contributed by atoms with van der Waals surface area (Å²) >= 11 is 1.83. The Morgan fingerprint density at radius 1 is 0.806 bits per heavy atom. The Hall–Kier alpha value is -1.98. The molecule has 31 heavy (non-hydrogen) atoms. The summed E-state index contributed by atoms with van der Waals surface area (Å²) in [6.07, 6.45) is 3.26. The van der Waals surface area contributed by atoms with Crippen LogP contribution in [0.4, 0.5) is 0 Å². The lowest BCUT2D eigenvalue weighted by molar-refractivity contribution is 0.0283. The van der Waals surface area contributed by atoms with Gasteiger partial charge >= 0.3 is 0 Å². The average molecular weight is 439 g/mol. The third-order valence-corrected chi connectivity index (χ3v) is 7.57. The summed E-state index contributed by atoms with van der Waals surface area (Å²) in [5, 5.41) is 29.8. The van der Waals surface area contributed by atoms with Crippen molar-refractivity contribution in [1.29, 1.82) is 0 Å². The normalized spacial score (nSPS) is 11.8. The molecule has 0 unspecified atom stereocenters. The molecule has 1 heterocycles. The quantitative estimate of drug-likeness (QED) is 0.395. The van der Waals surface area contributed by atoms with E-state index in [-0.39, 0.29) is 13.2 Å². The van der Waals surface area contributed by atoms with Gasteiger partial charge in [-0.3, -0.25) is 0 Å². The highest BCUT2D eigenvalue weighted by Crippen LogP contribution is 2.36. The lowest BCUT2D eigenvalue weighted by Crippen LogP contribution is -2.23. The zero-order chi connectivity index (χ0) is 22.6. The molecule has 0 saturated heterocycles. The monoisotopic (exact) mass is 438 g/mol. The fourth-order valence-electron chi connectivity index (χ4n) is 4.25. The molecule has 1 aromatic heterocycles. The van der Waals surface area contributed by atoms with Crippen LogP contribution in [0, 0.1) is 13.8 Å². The topological polar surface area (TPSA) is 60.7 Å². The third kappa shape index (κ3) is 5.09. The van der Waals surface area contributed by atoms with Crippen molar-refractivity contribution in [2.45, 2.75) is 72.2 Å². The molecule has 0 saturated carbocycles. The Kier molecular flexibility index (Phi) is 7.71. The zero-order valence-corrected chi connectivity index (χ0v) is 19.9. The van der Waals surface area contributed by atoms with Crippen molar-refractivity contribution in [3.05, 3.63) is 80.0 Å². The van der Waals surface area contributed by atoms with Crippen LogP contribution in [0.2, 0.25) is 0 Å². The van der Waals surface area contributed by atoms with Crippen LogP contribution >= 0.6 is 11.3 Å². The molecule has 0 atom stereocenters. The lowest BCUT2D eigenvalue weighted by Gasteiger charge is -2.26. The lowest BCUT2D eigenvalue weighted by atomic mass is 9.86. The number of thiophene rings is 1. The van der Waals surface area contributed by atoms with Crippen molar-refractivity contribution in [2.24, 2.45) is 0 Å². The second-order valence-electron chi connectivity index (χ2n) is 8.37. The minimum atomic E-state index is -0.753. The van der Waals surface area contributed by atoms with Gasteiger partial charge in [0.25, 0.3) is 0 Å². The van der Waals surface area contributed by atoms with E-state index in [4.69, 9.17) is 0 Å². The first-order valence-corrected chi connectivity index (χ1v) is 11.9. The molecular formula is C27H34O3S. The van der Waals surface area contributed by atoms with Crippen molar-refractivity contribution >= 4 is 11.3 Å². The van der Waals surface area contributed by atoms with Gasteiger partial charge in [0, 0.05) is 9.75 Å². The van der Waals surface area contributed by atoms with Gasteiger partial charge in [0.2, 0.25) is 0 Å². The van der Waals surface area contributed by atoms with E-state index >= 15 is 0 Å². The van der Waals surface area contributed by atoms with E-state index in [1.807, 2.05) is 43.4 Å². The molecule has 2 aromatic carbocycles. The van der Waals surface area contributed by atoms with Gasteiger partial charge in [0.15, 0.2) is 0 Å². The molecule has 0 fully saturated rings. The number of rotatable bonds is 9. The largest absolute Gasteiger partial charge is 0.392 e. The van der Waals surface area contributed by atoms with Gasteiger partial charge in [-0.05, 0) is 84.5 Å². The van der Waals surface area contributed by atoms with Gasteiger partial charge in [-0.15, -0.1) is 11.3 Å². The summed E-state index contributed by atoms with van der Waals surface area (Å²) in [4.78, 5) is 2.64. The van der Waals surface area contributed by atoms with Crippen molar-refractivity contribution in [1.82, 2.24) is 0 Å². The predicted molar refractivity (Wildman–Crippen MR) is 129 cm³/mol. The maximum absolute atomic E-state index is 10.9. The van der Waals surface area contributed by atoms with Gasteiger partial charge in [-0.2, -0.15) is 0 Å². The summed E-state index contributed by atoms with van der Waals surface area (Å²) in [6, 6.07) is 14.6. The average Bonchev–Trinajstić information content (AvgIpc) is 3.16. The highest BCUT2D eigenvalue weighted by atomic mass is 32.1. The van der Waals surface area contributed by atoms with E-state index in [9.17, 15) is 15.3 Å². The smallest absolute Gasteiger partial charge is 0.0891 e. The molecule has 0 aliphatic heterocycles. The first-order chi connectivity index (χ1) is 14.8. The summed E-state index contributed by atoms with van der Waals surface area (Å²) in [7, 11) is 0. The van der Waals surface area contributed by atoms with Gasteiger partial charge in [0.05, 0.1) is 18.8 Å². The molecule has 0 radical (unpaired) electrons. The molecule has 3 aromatic rings. The van der Waals surface area contributed by atoms with Crippen LogP contribution in [0.5, 0.6) is 0 Å². The number of hydrogen-bond acceptors (Lipinski definition) is 4. The number of aliphatic hydroxyl groups is 3. The fraction of sp³-hybridized carbons (Fsp3) is 0.407. The van der Waals surface area contributed by atoms with Crippen molar-refractivity contribution in [3.63, 3.8) is 0 Å². The number of benzene rings is 2. The molecule has 0 aliphatic carbocycles. The van der Waals surface area contributed by atoms with Crippen LogP contribution in [-0.4, -0.2) is 15.3 Å². The van der Waals surface area contributed by atoms with Crippen LogP contribution < -0.4 is 0 Å². The van der Waals surface area contributed by atoms with E-state index in [0.717, 1.165) is 29.5 Å². The molecule has 0 spiro atoms. The van der Waals surface area contributed by atoms with E-state index < -0.39 is 5.60 Å². The third-order valence-electron chi connectivity index (χ3n) is 6.46. The summed E-state index contributed by atoms with van der Waals surface area (Å²) in [6.45, 7) is 8.26. The van der Waals surface area contributed by atoms with Crippen LogP contribution in [0.1, 0.15) is 64.3 Å². The highest BCUT2D eigenvalue weighted by Gasteiger charge is 2.25. The van der Waals surface area contributed by atoms with E-state index in [2.05, 4.69) is 38.1 Å². The standard InChI is InChI=1S/C27H34O3S/c1-5-27(30,6-2)23-10-12-25(18(3)13-23)26-15-24(31-19(26)4)11-8-20-7-9-21(16-28)22(14-20)17-29/h7,9-10,12-15,28-30H,5-6,8,11,16-17H2,1-4H3. The zero-order valence-electron chi connectivity index (χ0n) is 19.0. The fourth-order valence-corrected chi connectivity index (χ4v) is 5.30. The molecule has 0 bridgehead atoms. The molecule has 3 nitrogen and oxygen atoms in total. The molecule has 3 N–H and O–H groups in total. The molecule has 4 heteroatoms. The summed E-state index contributed by atoms with van der Waals surface area (Å²) < 4.78 is 0. The predicted octanol–water partition coefficient (Wildman–Crippen LogP) is 5.81. The number of aliphatic hydroxyl groups excluding tert-OH is 2. The first kappa shape index (κ1) is 23.7. The van der Waals surface area contributed by atoms with Crippen LogP contribution in [-0.2, 0) is 31.7 Å². The summed E-state index contributed by atoms with van der Waals surface area (Å²) in [5.41, 5.74) is 6.70. The number of aryl methyl sites for hydroxylation is 4. The Morgan fingerprint density at radius 2 is 1.52 bits per heavy atom. The van der Waals surface area contributed by atoms with Crippen molar-refractivity contribution in [3.8, 4) is 11.1 Å². The molecule has 0 amide bonds. The van der Waals surface area contributed by atoms with Crippen LogP contribution in [0.15, 0.2) is 42.5 Å². The minimum Gasteiger partial charge on any atom is -0.392 e. The van der Waals surface area contributed by atoms with E-state index in [1.54, 1.807) is 0 Å². The first-order valence-electron chi connectivity index (χ1n) is 11.1. The summed E-state index contributed by atoms with van der Waals surface area (Å²) in [5.74, 6) is 0. The van der Waals surface area contributed by atoms with Gasteiger partial charge in [0.1, 0.15) is 0 Å². The maximum atomic E-state index is 10.9. The van der Waals surface area contributed by atoms with E-state index in [1.165, 1.54) is 32.0 Å². The van der Waals surface area contributed by atoms with Crippen molar-refractivity contribution in [2.75, 3.05) is 0 Å². The van der Waals surface area contributed by atoms with E-state index in [0.29, 0.717) is 12.8 Å². The molecular weight excluding hydrogens is 404 g/mol. The molecule has 3 rings (SSSR count). The van der Waals surface area contributed by atoms with Crippen molar-refractivity contribution < 1.29 is 15.3 Å². The highest BCUT2D eigenvalue weighted by molar-refractivity contribution is 7.12. The van der Waals surface area contributed by atoms with Gasteiger partial charge < -0.3 is 15.3 Å². The second-order valence-corrected chi connectivity index (χ2v) is 9.71. The van der Waals surface area contributed by atoms with Crippen LogP contribution in [0.25, 0.3) is 11.1 Å². The Bertz CT molecular complexity index is 1030. The molecule has 166 valence electrons. The van der Waals surface area contributed by atoms with Gasteiger partial charge in [-0.25, -0.2) is 0 Å². The number of hydrogen-bond donors (Lipinski definition) is 3. The Balaban J connectivity index is 1.80. The Morgan fingerprint density at radius 3 is 2.13 bits per heavy atom. The minimum absolute atomic E-state index is 0.0459. The second kappa shape index (κ2) is 10.1. The van der Waals surface area contributed by atoms with Crippen LogP contribution in [0.3, 0.4) is 0 Å². The van der Waals surface area contributed by atoms with Gasteiger partial charge in [-0.1, -0.05) is 50.2 Å².